The molecule has 2 N–H and O–H groups in total. The molecule has 1 aliphatic rings. The monoisotopic (exact) mass is 301 g/mol. The zero-order valence-corrected chi connectivity index (χ0v) is 11.7. The molecule has 0 bridgehead atoms. The van der Waals surface area contributed by atoms with Crippen LogP contribution in [-0.2, 0) is 0 Å². The number of halogens is 3. The summed E-state index contributed by atoms with van der Waals surface area (Å²) in [7, 11) is 0. The van der Waals surface area contributed by atoms with E-state index >= 15 is 0 Å². The molecule has 116 valence electrons. The molecule has 0 aliphatic heterocycles. The Bertz CT molecular complexity index is 520. The fraction of sp³-hybridized carbons (Fsp3) is 0.533. The number of alkyl halides is 3. The minimum absolute atomic E-state index is 0.0360. The highest BCUT2D eigenvalue weighted by molar-refractivity contribution is 5.97. The van der Waals surface area contributed by atoms with Gasteiger partial charge in [0.05, 0.1) is 11.5 Å². The number of amides is 1. The Kier molecular flexibility index (Phi) is 4.44. The van der Waals surface area contributed by atoms with Crippen LogP contribution in [0.5, 0.6) is 5.75 Å². The summed E-state index contributed by atoms with van der Waals surface area (Å²) >= 11 is 0. The van der Waals surface area contributed by atoms with Crippen molar-refractivity contribution in [3.8, 4) is 5.75 Å². The fourth-order valence-corrected chi connectivity index (χ4v) is 2.66. The van der Waals surface area contributed by atoms with Crippen molar-refractivity contribution in [2.75, 3.05) is 0 Å². The molecule has 3 nitrogen and oxygen atoms in total. The number of aryl methyl sites for hydroxylation is 1. The maximum atomic E-state index is 12.6. The third kappa shape index (κ3) is 3.89. The van der Waals surface area contributed by atoms with Gasteiger partial charge in [-0.15, -0.1) is 0 Å². The van der Waals surface area contributed by atoms with Crippen LogP contribution in [-0.4, -0.2) is 23.2 Å². The van der Waals surface area contributed by atoms with Gasteiger partial charge in [0.1, 0.15) is 5.75 Å². The van der Waals surface area contributed by atoms with Crippen molar-refractivity contribution in [1.82, 2.24) is 5.32 Å². The first-order chi connectivity index (χ1) is 9.77. The normalized spacial score (nSPS) is 22.9. The molecule has 1 aromatic rings. The summed E-state index contributed by atoms with van der Waals surface area (Å²) in [5, 5.41) is 12.4. The first-order valence-corrected chi connectivity index (χ1v) is 6.94. The topological polar surface area (TPSA) is 49.3 Å². The lowest BCUT2D eigenvalue weighted by Crippen LogP contribution is -2.40. The van der Waals surface area contributed by atoms with Crippen LogP contribution < -0.4 is 5.32 Å². The smallest absolute Gasteiger partial charge is 0.391 e. The third-order valence-electron chi connectivity index (χ3n) is 3.92. The van der Waals surface area contributed by atoms with Gasteiger partial charge in [-0.05, 0) is 50.3 Å². The minimum atomic E-state index is -4.15. The number of carbonyl (C=O) groups excluding carboxylic acids is 1. The second-order valence-corrected chi connectivity index (χ2v) is 5.58. The summed E-state index contributed by atoms with van der Waals surface area (Å²) < 4.78 is 37.7. The van der Waals surface area contributed by atoms with Crippen molar-refractivity contribution in [3.63, 3.8) is 0 Å². The SMILES string of the molecule is Cc1ccc(C(=O)NC2CCC(C(F)(F)F)CC2)c(O)c1. The zero-order valence-electron chi connectivity index (χ0n) is 11.7. The Hall–Kier alpha value is -1.72. The van der Waals surface area contributed by atoms with Gasteiger partial charge < -0.3 is 10.4 Å². The summed E-state index contributed by atoms with van der Waals surface area (Å²) in [4.78, 5) is 12.0. The van der Waals surface area contributed by atoms with Crippen molar-refractivity contribution >= 4 is 5.91 Å². The molecule has 1 saturated carbocycles. The lowest BCUT2D eigenvalue weighted by atomic mass is 9.85. The predicted octanol–water partition coefficient (Wildman–Crippen LogP) is 3.55. The maximum absolute atomic E-state index is 12.6. The van der Waals surface area contributed by atoms with E-state index in [4.69, 9.17) is 0 Å². The second kappa shape index (κ2) is 5.95. The van der Waals surface area contributed by atoms with Crippen LogP contribution in [0.1, 0.15) is 41.6 Å². The molecule has 6 heteroatoms. The van der Waals surface area contributed by atoms with Crippen LogP contribution in [0.15, 0.2) is 18.2 Å². The van der Waals surface area contributed by atoms with Gasteiger partial charge in [-0.25, -0.2) is 0 Å². The number of nitrogens with one attached hydrogen (secondary N) is 1. The van der Waals surface area contributed by atoms with Crippen LogP contribution in [0.3, 0.4) is 0 Å². The van der Waals surface area contributed by atoms with Gasteiger partial charge in [-0.2, -0.15) is 13.2 Å². The molecule has 1 aliphatic carbocycles. The fourth-order valence-electron chi connectivity index (χ4n) is 2.66. The van der Waals surface area contributed by atoms with E-state index in [-0.39, 0.29) is 30.2 Å². The number of hydrogen-bond acceptors (Lipinski definition) is 2. The summed E-state index contributed by atoms with van der Waals surface area (Å²) in [6.45, 7) is 1.79. The average Bonchev–Trinajstić information content (AvgIpc) is 2.38. The highest BCUT2D eigenvalue weighted by atomic mass is 19.4. The molecule has 0 atom stereocenters. The van der Waals surface area contributed by atoms with Crippen molar-refractivity contribution in [1.29, 1.82) is 0 Å². The Morgan fingerprint density at radius 1 is 1.24 bits per heavy atom. The molecule has 1 aromatic carbocycles. The van der Waals surface area contributed by atoms with Gasteiger partial charge >= 0.3 is 6.18 Å². The molecule has 0 spiro atoms. The summed E-state index contributed by atoms with van der Waals surface area (Å²) in [6.07, 6.45) is -3.46. The highest BCUT2D eigenvalue weighted by Crippen LogP contribution is 2.37. The predicted molar refractivity (Wildman–Crippen MR) is 72.1 cm³/mol. The van der Waals surface area contributed by atoms with Crippen LogP contribution in [0, 0.1) is 12.8 Å². The molecule has 0 radical (unpaired) electrons. The first-order valence-electron chi connectivity index (χ1n) is 6.94. The molecule has 0 unspecified atom stereocenters. The third-order valence-corrected chi connectivity index (χ3v) is 3.92. The molecular formula is C15H18F3NO2. The summed E-state index contributed by atoms with van der Waals surface area (Å²) in [6, 6.07) is 4.43. The van der Waals surface area contributed by atoms with Gasteiger partial charge in [0.25, 0.3) is 5.91 Å². The number of hydrogen-bond donors (Lipinski definition) is 2. The van der Waals surface area contributed by atoms with Gasteiger partial charge in [0.15, 0.2) is 0 Å². The van der Waals surface area contributed by atoms with E-state index in [2.05, 4.69) is 5.32 Å². The van der Waals surface area contributed by atoms with Crippen LogP contribution >= 0.6 is 0 Å². The van der Waals surface area contributed by atoms with E-state index in [0.29, 0.717) is 12.8 Å². The second-order valence-electron chi connectivity index (χ2n) is 5.58. The van der Waals surface area contributed by atoms with Crippen molar-refractivity contribution in [2.24, 2.45) is 5.92 Å². The number of rotatable bonds is 2. The van der Waals surface area contributed by atoms with Gasteiger partial charge in [0, 0.05) is 6.04 Å². The number of carbonyl (C=O) groups is 1. The van der Waals surface area contributed by atoms with E-state index in [0.717, 1.165) is 5.56 Å². The highest BCUT2D eigenvalue weighted by Gasteiger charge is 2.41. The van der Waals surface area contributed by atoms with E-state index in [1.165, 1.54) is 12.1 Å². The Morgan fingerprint density at radius 2 is 1.86 bits per heavy atom. The van der Waals surface area contributed by atoms with Crippen molar-refractivity contribution < 1.29 is 23.1 Å². The number of aromatic hydroxyl groups is 1. The molecular weight excluding hydrogens is 283 g/mol. The Balaban J connectivity index is 1.93. The lowest BCUT2D eigenvalue weighted by Gasteiger charge is -2.30. The standard InChI is InChI=1S/C15H18F3NO2/c1-9-2-7-12(13(20)8-9)14(21)19-11-5-3-10(4-6-11)15(16,17)18/h2,7-8,10-11,20H,3-6H2,1H3,(H,19,21). The molecule has 0 saturated heterocycles. The molecule has 21 heavy (non-hydrogen) atoms. The molecule has 0 aromatic heterocycles. The zero-order chi connectivity index (χ0) is 15.6. The first kappa shape index (κ1) is 15.7. The Labute approximate surface area is 121 Å². The molecule has 1 amide bonds. The maximum Gasteiger partial charge on any atom is 0.391 e. The summed E-state index contributed by atoms with van der Waals surface area (Å²) in [5.41, 5.74) is 0.980. The van der Waals surface area contributed by atoms with E-state index < -0.39 is 18.0 Å². The van der Waals surface area contributed by atoms with Gasteiger partial charge in [0.2, 0.25) is 0 Å². The number of benzene rings is 1. The molecule has 1 fully saturated rings. The van der Waals surface area contributed by atoms with Crippen molar-refractivity contribution in [2.45, 2.75) is 44.8 Å². The summed E-state index contributed by atoms with van der Waals surface area (Å²) in [5.74, 6) is -1.82. The lowest BCUT2D eigenvalue weighted by molar-refractivity contribution is -0.182. The van der Waals surface area contributed by atoms with Crippen LogP contribution in [0.2, 0.25) is 0 Å². The van der Waals surface area contributed by atoms with Crippen LogP contribution in [0.4, 0.5) is 13.2 Å². The number of phenols is 1. The quantitative estimate of drug-likeness (QED) is 0.877. The van der Waals surface area contributed by atoms with Crippen LogP contribution in [0.25, 0.3) is 0 Å². The molecule has 0 heterocycles. The largest absolute Gasteiger partial charge is 0.507 e. The van der Waals surface area contributed by atoms with E-state index in [1.807, 2.05) is 0 Å². The van der Waals surface area contributed by atoms with Gasteiger partial charge in [-0.3, -0.25) is 4.79 Å². The average molecular weight is 301 g/mol. The van der Waals surface area contributed by atoms with E-state index in [1.54, 1.807) is 13.0 Å². The minimum Gasteiger partial charge on any atom is -0.507 e. The van der Waals surface area contributed by atoms with Gasteiger partial charge in [-0.1, -0.05) is 6.07 Å². The molecule has 2 rings (SSSR count). The number of phenolic OH excluding ortho intramolecular Hbond substituents is 1. The van der Waals surface area contributed by atoms with Crippen molar-refractivity contribution in [3.05, 3.63) is 29.3 Å². The Morgan fingerprint density at radius 3 is 2.38 bits per heavy atom. The van der Waals surface area contributed by atoms with E-state index in [9.17, 15) is 23.1 Å².